The summed E-state index contributed by atoms with van der Waals surface area (Å²) in [6, 6.07) is 4.32. The van der Waals surface area contributed by atoms with Crippen molar-refractivity contribution in [3.63, 3.8) is 0 Å². The number of nitrogens with two attached hydrogens (primary N) is 1. The Hall–Kier alpha value is -1.60. The number of primary sulfonamides is 1. The molecule has 0 spiro atoms. The van der Waals surface area contributed by atoms with Gasteiger partial charge in [-0.2, -0.15) is 0 Å². The first-order valence-electron chi connectivity index (χ1n) is 6.79. The highest BCUT2D eigenvalue weighted by Crippen LogP contribution is 2.25. The summed E-state index contributed by atoms with van der Waals surface area (Å²) in [7, 11) is -2.27. The third-order valence-electron chi connectivity index (χ3n) is 3.37. The molecule has 0 bridgehead atoms. The maximum absolute atomic E-state index is 12.3. The molecule has 7 heteroatoms. The Morgan fingerprint density at radius 1 is 1.38 bits per heavy atom. The number of hydrogen-bond donors (Lipinski definition) is 1. The minimum absolute atomic E-state index is 0.0574. The minimum atomic E-state index is -3.96. The van der Waals surface area contributed by atoms with Crippen LogP contribution in [0.1, 0.15) is 37.6 Å². The highest BCUT2D eigenvalue weighted by atomic mass is 32.2. The molecule has 0 aliphatic rings. The Morgan fingerprint density at radius 2 is 2.00 bits per heavy atom. The zero-order valence-corrected chi connectivity index (χ0v) is 13.6. The van der Waals surface area contributed by atoms with Gasteiger partial charge in [-0.15, -0.1) is 0 Å². The summed E-state index contributed by atoms with van der Waals surface area (Å²) in [5.74, 6) is -0.0972. The highest BCUT2D eigenvalue weighted by Gasteiger charge is 2.21. The molecule has 2 N–H and O–H groups in total. The molecule has 0 heterocycles. The van der Waals surface area contributed by atoms with Gasteiger partial charge in [0.1, 0.15) is 10.6 Å². The van der Waals surface area contributed by atoms with Crippen molar-refractivity contribution in [3.05, 3.63) is 23.8 Å². The van der Waals surface area contributed by atoms with Crippen molar-refractivity contribution in [1.29, 1.82) is 0 Å². The van der Waals surface area contributed by atoms with Crippen molar-refractivity contribution in [2.45, 2.75) is 38.1 Å². The number of amides is 1. The van der Waals surface area contributed by atoms with Gasteiger partial charge in [0, 0.05) is 18.7 Å². The summed E-state index contributed by atoms with van der Waals surface area (Å²) in [6.07, 6.45) is 0.807. The van der Waals surface area contributed by atoms with Crippen LogP contribution in [0.4, 0.5) is 0 Å². The van der Waals surface area contributed by atoms with Crippen LogP contribution in [0.15, 0.2) is 23.1 Å². The second-order valence-electron chi connectivity index (χ2n) is 4.81. The SMILES string of the molecule is CCOc1ccc(C(=O)N(C)C(C)CC)cc1S(N)(=O)=O. The lowest BCUT2D eigenvalue weighted by molar-refractivity contribution is 0.0740. The average molecular weight is 314 g/mol. The highest BCUT2D eigenvalue weighted by molar-refractivity contribution is 7.89. The third-order valence-corrected chi connectivity index (χ3v) is 4.30. The second-order valence-corrected chi connectivity index (χ2v) is 6.34. The fraction of sp³-hybridized carbons (Fsp3) is 0.500. The van der Waals surface area contributed by atoms with E-state index in [4.69, 9.17) is 9.88 Å². The van der Waals surface area contributed by atoms with Crippen LogP contribution in [0.2, 0.25) is 0 Å². The Balaban J connectivity index is 3.25. The molecular formula is C14H22N2O4S. The molecule has 0 saturated heterocycles. The second kappa shape index (κ2) is 6.91. The van der Waals surface area contributed by atoms with E-state index in [0.29, 0.717) is 6.61 Å². The Labute approximate surface area is 125 Å². The first kappa shape index (κ1) is 17.5. The fourth-order valence-corrected chi connectivity index (χ4v) is 2.51. The Kier molecular flexibility index (Phi) is 5.74. The number of benzene rings is 1. The van der Waals surface area contributed by atoms with Crippen molar-refractivity contribution in [2.75, 3.05) is 13.7 Å². The Bertz CT molecular complexity index is 613. The molecule has 1 aromatic rings. The molecule has 0 aliphatic carbocycles. The van der Waals surface area contributed by atoms with E-state index in [1.807, 2.05) is 13.8 Å². The molecule has 1 aromatic carbocycles. The lowest BCUT2D eigenvalue weighted by Crippen LogP contribution is -2.34. The predicted octanol–water partition coefficient (Wildman–Crippen LogP) is 1.60. The normalized spacial score (nSPS) is 12.8. The summed E-state index contributed by atoms with van der Waals surface area (Å²) in [5.41, 5.74) is 0.269. The van der Waals surface area contributed by atoms with Crippen LogP contribution in [0.3, 0.4) is 0 Å². The summed E-state index contributed by atoms with van der Waals surface area (Å²) in [5, 5.41) is 5.19. The largest absolute Gasteiger partial charge is 0.492 e. The number of rotatable bonds is 6. The molecule has 118 valence electrons. The molecule has 1 atom stereocenters. The number of carbonyl (C=O) groups is 1. The van der Waals surface area contributed by atoms with Gasteiger partial charge in [0.25, 0.3) is 5.91 Å². The fourth-order valence-electron chi connectivity index (χ4n) is 1.82. The van der Waals surface area contributed by atoms with Crippen molar-refractivity contribution < 1.29 is 17.9 Å². The first-order valence-corrected chi connectivity index (χ1v) is 8.33. The topological polar surface area (TPSA) is 89.7 Å². The molecule has 6 nitrogen and oxygen atoms in total. The van der Waals surface area contributed by atoms with Gasteiger partial charge in [0.05, 0.1) is 6.61 Å². The number of ether oxygens (including phenoxy) is 1. The first-order chi connectivity index (χ1) is 9.72. The zero-order valence-electron chi connectivity index (χ0n) is 12.8. The smallest absolute Gasteiger partial charge is 0.253 e. The standard InChI is InChI=1S/C14H22N2O4S/c1-5-10(3)16(4)14(17)11-7-8-12(20-6-2)13(9-11)21(15,18)19/h7-10H,5-6H2,1-4H3,(H2,15,18,19). The molecule has 0 radical (unpaired) electrons. The summed E-state index contributed by atoms with van der Waals surface area (Å²) >= 11 is 0. The third kappa shape index (κ3) is 4.18. The van der Waals surface area contributed by atoms with Gasteiger partial charge in [0.2, 0.25) is 10.0 Å². The van der Waals surface area contributed by atoms with E-state index in [1.165, 1.54) is 12.1 Å². The van der Waals surface area contributed by atoms with Crippen molar-refractivity contribution in [3.8, 4) is 5.75 Å². The van der Waals surface area contributed by atoms with E-state index in [2.05, 4.69) is 0 Å². The van der Waals surface area contributed by atoms with E-state index in [1.54, 1.807) is 24.9 Å². The zero-order chi connectivity index (χ0) is 16.2. The van der Waals surface area contributed by atoms with Gasteiger partial charge in [0.15, 0.2) is 0 Å². The minimum Gasteiger partial charge on any atom is -0.492 e. The summed E-state index contributed by atoms with van der Waals surface area (Å²) in [4.78, 5) is 13.7. The lowest BCUT2D eigenvalue weighted by atomic mass is 10.1. The van der Waals surface area contributed by atoms with Gasteiger partial charge < -0.3 is 9.64 Å². The van der Waals surface area contributed by atoms with Crippen LogP contribution < -0.4 is 9.88 Å². The molecule has 1 unspecified atom stereocenters. The Morgan fingerprint density at radius 3 is 2.48 bits per heavy atom. The van der Waals surface area contributed by atoms with Gasteiger partial charge in [-0.3, -0.25) is 4.79 Å². The number of carbonyl (C=O) groups excluding carboxylic acids is 1. The molecule has 0 saturated carbocycles. The van der Waals surface area contributed by atoms with Crippen LogP contribution in [0.25, 0.3) is 0 Å². The maximum Gasteiger partial charge on any atom is 0.253 e. The van der Waals surface area contributed by atoms with Crippen molar-refractivity contribution in [2.24, 2.45) is 5.14 Å². The number of sulfonamides is 1. The van der Waals surface area contributed by atoms with Gasteiger partial charge >= 0.3 is 0 Å². The van der Waals surface area contributed by atoms with Crippen LogP contribution in [0, 0.1) is 0 Å². The molecule has 0 fully saturated rings. The summed E-state index contributed by atoms with van der Waals surface area (Å²) in [6.45, 7) is 5.95. The number of nitrogens with zero attached hydrogens (tertiary/aromatic N) is 1. The monoisotopic (exact) mass is 314 g/mol. The van der Waals surface area contributed by atoms with E-state index in [-0.39, 0.29) is 28.2 Å². The predicted molar refractivity (Wildman–Crippen MR) is 80.8 cm³/mol. The van der Waals surface area contributed by atoms with E-state index in [9.17, 15) is 13.2 Å². The van der Waals surface area contributed by atoms with Crippen molar-refractivity contribution in [1.82, 2.24) is 4.90 Å². The van der Waals surface area contributed by atoms with Crippen LogP contribution in [-0.2, 0) is 10.0 Å². The molecule has 1 amide bonds. The molecule has 1 rings (SSSR count). The molecular weight excluding hydrogens is 292 g/mol. The van der Waals surface area contributed by atoms with Gasteiger partial charge in [-0.1, -0.05) is 6.92 Å². The van der Waals surface area contributed by atoms with Crippen molar-refractivity contribution >= 4 is 15.9 Å². The van der Waals surface area contributed by atoms with Crippen LogP contribution >= 0.6 is 0 Å². The molecule has 0 aliphatic heterocycles. The average Bonchev–Trinajstić information content (AvgIpc) is 2.44. The number of hydrogen-bond acceptors (Lipinski definition) is 4. The van der Waals surface area contributed by atoms with Crippen LogP contribution in [-0.4, -0.2) is 38.9 Å². The van der Waals surface area contributed by atoms with E-state index in [0.717, 1.165) is 6.42 Å². The van der Waals surface area contributed by atoms with Crippen LogP contribution in [0.5, 0.6) is 5.75 Å². The van der Waals surface area contributed by atoms with E-state index >= 15 is 0 Å². The maximum atomic E-state index is 12.3. The molecule has 21 heavy (non-hydrogen) atoms. The molecule has 0 aromatic heterocycles. The van der Waals surface area contributed by atoms with Gasteiger partial charge in [-0.25, -0.2) is 13.6 Å². The summed E-state index contributed by atoms with van der Waals surface area (Å²) < 4.78 is 28.5. The van der Waals surface area contributed by atoms with Gasteiger partial charge in [-0.05, 0) is 38.5 Å². The van der Waals surface area contributed by atoms with E-state index < -0.39 is 10.0 Å². The lowest BCUT2D eigenvalue weighted by Gasteiger charge is -2.24. The quantitative estimate of drug-likeness (QED) is 0.863.